The highest BCUT2D eigenvalue weighted by atomic mass is 79.9. The fraction of sp³-hybridized carbons (Fsp3) is 0.533. The molecule has 1 aromatic carbocycles. The summed E-state index contributed by atoms with van der Waals surface area (Å²) in [5.74, 6) is 0.451. The molecule has 0 spiro atoms. The van der Waals surface area contributed by atoms with Gasteiger partial charge in [-0.3, -0.25) is 0 Å². The van der Waals surface area contributed by atoms with Gasteiger partial charge in [0, 0.05) is 18.2 Å². The van der Waals surface area contributed by atoms with Gasteiger partial charge in [-0.05, 0) is 56.9 Å². The first-order chi connectivity index (χ1) is 9.63. The van der Waals surface area contributed by atoms with Crippen molar-refractivity contribution in [2.75, 3.05) is 14.1 Å². The van der Waals surface area contributed by atoms with E-state index < -0.39 is 0 Å². The molecule has 2 aromatic rings. The monoisotopic (exact) mass is 375 g/mol. The van der Waals surface area contributed by atoms with Crippen molar-refractivity contribution in [2.45, 2.75) is 38.2 Å². The number of hydrogen-bond donors (Lipinski definition) is 0. The Labute approximate surface area is 138 Å². The zero-order valence-electron chi connectivity index (χ0n) is 12.9. The lowest BCUT2D eigenvalue weighted by molar-refractivity contribution is 0.170. The zero-order chi connectivity index (χ0) is 15.9. The third-order valence-electron chi connectivity index (χ3n) is 3.93. The van der Waals surface area contributed by atoms with Gasteiger partial charge >= 0.3 is 0 Å². The highest BCUT2D eigenvalue weighted by Gasteiger charge is 2.25. The number of rotatable bonds is 4. The summed E-state index contributed by atoms with van der Waals surface area (Å²) in [4.78, 5) is 6.66. The zero-order valence-corrected chi connectivity index (χ0v) is 15.3. The highest BCUT2D eigenvalue weighted by Crippen LogP contribution is 2.30. The summed E-state index contributed by atoms with van der Waals surface area (Å²) in [5.41, 5.74) is 1.45. The predicted molar refractivity (Wildman–Crippen MR) is 89.4 cm³/mol. The molecule has 1 heterocycles. The minimum atomic E-state index is -0.312. The van der Waals surface area contributed by atoms with Crippen LogP contribution in [0.5, 0.6) is 0 Å². The van der Waals surface area contributed by atoms with Gasteiger partial charge in [-0.25, -0.2) is 9.37 Å². The topological polar surface area (TPSA) is 21.1 Å². The molecule has 1 aromatic heterocycles. The fourth-order valence-electron chi connectivity index (χ4n) is 2.14. The SMILES string of the molecule is CC(Cl)c1nc2cc(F)c(Br)cc2n1CC(C)(C)N(C)C. The van der Waals surface area contributed by atoms with Gasteiger partial charge in [0.1, 0.15) is 11.6 Å². The lowest BCUT2D eigenvalue weighted by atomic mass is 10.0. The Bertz CT molecular complexity index is 664. The van der Waals surface area contributed by atoms with Crippen molar-refractivity contribution >= 4 is 38.6 Å². The molecule has 0 amide bonds. The average molecular weight is 377 g/mol. The first kappa shape index (κ1) is 16.7. The van der Waals surface area contributed by atoms with Gasteiger partial charge in [0.15, 0.2) is 0 Å². The molecule has 0 aliphatic carbocycles. The van der Waals surface area contributed by atoms with Crippen LogP contribution in [0, 0.1) is 5.82 Å². The summed E-state index contributed by atoms with van der Waals surface area (Å²) in [6, 6.07) is 3.22. The molecule has 1 unspecified atom stereocenters. The summed E-state index contributed by atoms with van der Waals surface area (Å²) >= 11 is 9.51. The number of nitrogens with zero attached hydrogens (tertiary/aromatic N) is 3. The van der Waals surface area contributed by atoms with Crippen LogP contribution in [-0.4, -0.2) is 34.1 Å². The van der Waals surface area contributed by atoms with E-state index in [2.05, 4.69) is 44.2 Å². The Balaban J connectivity index is 2.64. The molecule has 1 atom stereocenters. The lowest BCUT2D eigenvalue weighted by Crippen LogP contribution is -2.42. The number of likely N-dealkylation sites (N-methyl/N-ethyl adjacent to an activating group) is 1. The van der Waals surface area contributed by atoms with Crippen LogP contribution in [0.25, 0.3) is 11.0 Å². The Hall–Kier alpha value is -0.650. The van der Waals surface area contributed by atoms with Crippen LogP contribution >= 0.6 is 27.5 Å². The van der Waals surface area contributed by atoms with E-state index in [1.54, 1.807) is 6.07 Å². The van der Waals surface area contributed by atoms with Crippen LogP contribution in [0.2, 0.25) is 0 Å². The molecule has 0 radical (unpaired) electrons. The van der Waals surface area contributed by atoms with Crippen molar-refractivity contribution in [3.8, 4) is 0 Å². The second-order valence-electron chi connectivity index (χ2n) is 6.13. The van der Waals surface area contributed by atoms with Crippen LogP contribution < -0.4 is 0 Å². The average Bonchev–Trinajstić information content (AvgIpc) is 2.68. The van der Waals surface area contributed by atoms with Crippen molar-refractivity contribution in [3.05, 3.63) is 28.2 Å². The van der Waals surface area contributed by atoms with Crippen LogP contribution in [0.1, 0.15) is 32.0 Å². The molecule has 116 valence electrons. The molecule has 6 heteroatoms. The molecule has 0 bridgehead atoms. The smallest absolute Gasteiger partial charge is 0.139 e. The number of alkyl halides is 1. The van der Waals surface area contributed by atoms with Gasteiger partial charge in [0.25, 0.3) is 0 Å². The van der Waals surface area contributed by atoms with Gasteiger partial charge in [0.05, 0.1) is 20.9 Å². The maximum Gasteiger partial charge on any atom is 0.139 e. The first-order valence-electron chi connectivity index (χ1n) is 6.80. The van der Waals surface area contributed by atoms with E-state index in [1.165, 1.54) is 6.07 Å². The summed E-state index contributed by atoms with van der Waals surface area (Å²) < 4.78 is 16.2. The molecule has 0 fully saturated rings. The number of aromatic nitrogens is 2. The Morgan fingerprint density at radius 1 is 1.43 bits per heavy atom. The van der Waals surface area contributed by atoms with Crippen LogP contribution in [0.3, 0.4) is 0 Å². The summed E-state index contributed by atoms with van der Waals surface area (Å²) in [6.07, 6.45) is 0. The maximum atomic E-state index is 13.7. The molecular weight excluding hydrogens is 357 g/mol. The van der Waals surface area contributed by atoms with Gasteiger partial charge in [-0.2, -0.15) is 0 Å². The Kier molecular flexibility index (Phi) is 4.66. The van der Waals surface area contributed by atoms with E-state index in [0.717, 1.165) is 17.9 Å². The fourth-order valence-corrected chi connectivity index (χ4v) is 2.63. The number of hydrogen-bond acceptors (Lipinski definition) is 2. The van der Waals surface area contributed by atoms with Gasteiger partial charge in [-0.1, -0.05) is 0 Å². The van der Waals surface area contributed by atoms with Gasteiger partial charge in [0.2, 0.25) is 0 Å². The normalized spacial score (nSPS) is 14.1. The van der Waals surface area contributed by atoms with Crippen molar-refractivity contribution in [1.82, 2.24) is 14.5 Å². The molecular formula is C15H20BrClFN3. The Morgan fingerprint density at radius 2 is 2.05 bits per heavy atom. The molecule has 0 aliphatic heterocycles. The number of halogens is 3. The molecule has 0 saturated carbocycles. The van der Waals surface area contributed by atoms with Crippen LogP contribution in [-0.2, 0) is 6.54 Å². The van der Waals surface area contributed by atoms with E-state index in [4.69, 9.17) is 11.6 Å². The van der Waals surface area contributed by atoms with Gasteiger partial charge in [-0.15, -0.1) is 11.6 Å². The van der Waals surface area contributed by atoms with Crippen molar-refractivity contribution in [3.63, 3.8) is 0 Å². The minimum Gasteiger partial charge on any atom is -0.325 e. The molecule has 2 rings (SSSR count). The summed E-state index contributed by atoms with van der Waals surface area (Å²) in [5, 5.41) is -0.239. The van der Waals surface area contributed by atoms with Crippen LogP contribution in [0.15, 0.2) is 16.6 Å². The number of benzene rings is 1. The minimum absolute atomic E-state index is 0.0744. The second-order valence-corrected chi connectivity index (χ2v) is 7.64. The van der Waals surface area contributed by atoms with E-state index in [0.29, 0.717) is 9.99 Å². The largest absolute Gasteiger partial charge is 0.325 e. The standard InChI is InChI=1S/C15H20BrClFN3/c1-9(17)14-19-12-7-11(18)10(16)6-13(12)21(14)8-15(2,3)20(4)5/h6-7,9H,8H2,1-5H3. The van der Waals surface area contributed by atoms with E-state index in [9.17, 15) is 4.39 Å². The number of imidazole rings is 1. The maximum absolute atomic E-state index is 13.7. The summed E-state index contributed by atoms with van der Waals surface area (Å²) in [7, 11) is 4.08. The third-order valence-corrected chi connectivity index (χ3v) is 4.73. The molecule has 21 heavy (non-hydrogen) atoms. The third kappa shape index (κ3) is 3.25. The van der Waals surface area contributed by atoms with Gasteiger partial charge < -0.3 is 9.47 Å². The van der Waals surface area contributed by atoms with E-state index >= 15 is 0 Å². The first-order valence-corrected chi connectivity index (χ1v) is 8.03. The predicted octanol–water partition coefficient (Wildman–Crippen LogP) is 4.58. The molecule has 3 nitrogen and oxygen atoms in total. The molecule has 0 aliphatic rings. The quantitative estimate of drug-likeness (QED) is 0.728. The summed E-state index contributed by atoms with van der Waals surface area (Å²) in [6.45, 7) is 6.91. The Morgan fingerprint density at radius 3 is 2.57 bits per heavy atom. The second kappa shape index (κ2) is 5.86. The van der Waals surface area contributed by atoms with E-state index in [-0.39, 0.29) is 16.7 Å². The van der Waals surface area contributed by atoms with Crippen LogP contribution in [0.4, 0.5) is 4.39 Å². The van der Waals surface area contributed by atoms with Crippen molar-refractivity contribution in [1.29, 1.82) is 0 Å². The highest BCUT2D eigenvalue weighted by molar-refractivity contribution is 9.10. The molecule has 0 N–H and O–H groups in total. The van der Waals surface area contributed by atoms with Crippen molar-refractivity contribution in [2.24, 2.45) is 0 Å². The lowest BCUT2D eigenvalue weighted by Gasteiger charge is -2.33. The molecule has 0 saturated heterocycles. The van der Waals surface area contributed by atoms with E-state index in [1.807, 2.05) is 21.0 Å². The number of fused-ring (bicyclic) bond motifs is 1. The van der Waals surface area contributed by atoms with Crippen molar-refractivity contribution < 1.29 is 4.39 Å².